The minimum absolute atomic E-state index is 0.189. The highest BCUT2D eigenvalue weighted by atomic mass is 32.2. The summed E-state index contributed by atoms with van der Waals surface area (Å²) in [6.07, 6.45) is 1.22. The molecule has 0 aliphatic heterocycles. The first-order chi connectivity index (χ1) is 13.5. The minimum atomic E-state index is -0.489. The van der Waals surface area contributed by atoms with Gasteiger partial charge in [0.05, 0.1) is 0 Å². The zero-order chi connectivity index (χ0) is 20.8. The molecule has 28 heavy (non-hydrogen) atoms. The van der Waals surface area contributed by atoms with Gasteiger partial charge in [0.25, 0.3) is 11.8 Å². The number of amides is 3. The van der Waals surface area contributed by atoms with Gasteiger partial charge in [-0.2, -0.15) is 0 Å². The van der Waals surface area contributed by atoms with Crippen LogP contribution in [-0.2, 0) is 14.2 Å². The topological polar surface area (TPSA) is 178 Å². The Kier molecular flexibility index (Phi) is 11.8. The van der Waals surface area contributed by atoms with Gasteiger partial charge in [0, 0.05) is 41.9 Å². The van der Waals surface area contributed by atoms with Gasteiger partial charge < -0.3 is 27.4 Å². The van der Waals surface area contributed by atoms with Gasteiger partial charge in [0.2, 0.25) is 5.91 Å². The molecule has 0 heterocycles. The van der Waals surface area contributed by atoms with E-state index >= 15 is 0 Å². The number of benzene rings is 1. The summed E-state index contributed by atoms with van der Waals surface area (Å²) >= 11 is 0.562. The summed E-state index contributed by atoms with van der Waals surface area (Å²) in [5.41, 5.74) is 11.5. The van der Waals surface area contributed by atoms with Crippen LogP contribution in [0.1, 0.15) is 33.6 Å². The quantitative estimate of drug-likeness (QED) is 0.111. The van der Waals surface area contributed by atoms with E-state index in [9.17, 15) is 14.4 Å². The van der Waals surface area contributed by atoms with Crippen molar-refractivity contribution in [3.8, 4) is 0 Å². The number of rotatable bonds is 13. The molecule has 0 spiro atoms. The lowest BCUT2D eigenvalue weighted by atomic mass is 10.1. The van der Waals surface area contributed by atoms with Crippen molar-refractivity contribution in [2.75, 3.05) is 37.2 Å². The molecular formula is C16H25N5O6S. The lowest BCUT2D eigenvalue weighted by Crippen LogP contribution is -2.28. The molecule has 0 atom stereocenters. The minimum Gasteiger partial charge on any atom is -0.352 e. The summed E-state index contributed by atoms with van der Waals surface area (Å²) in [5.74, 6) is -1.47. The Morgan fingerprint density at radius 2 is 1.50 bits per heavy atom. The standard InChI is InChI=1S/C16H25N5O6S/c17-3-1-5-19-15(23)11-7-12(16(24)20-6-2-4-18)9-13(8-11)21-14(22)10-28-27-26-25/h7-9,25H,1-6,10,17-18H2,(H,19,23)(H,20,24)(H,21,22). The van der Waals surface area contributed by atoms with Gasteiger partial charge >= 0.3 is 0 Å². The van der Waals surface area contributed by atoms with Gasteiger partial charge in [0.1, 0.15) is 5.75 Å². The van der Waals surface area contributed by atoms with E-state index in [1.807, 2.05) is 0 Å². The van der Waals surface area contributed by atoms with Crippen molar-refractivity contribution in [2.45, 2.75) is 12.8 Å². The Labute approximate surface area is 166 Å². The number of nitrogens with one attached hydrogen (secondary N) is 3. The third-order valence-electron chi connectivity index (χ3n) is 3.34. The molecule has 0 saturated carbocycles. The van der Waals surface area contributed by atoms with Crippen LogP contribution in [0, 0.1) is 0 Å². The SMILES string of the molecule is NCCCNC(=O)c1cc(NC(=O)CSOOO)cc(C(=O)NCCCN)c1. The van der Waals surface area contributed by atoms with Crippen LogP contribution >= 0.6 is 12.0 Å². The lowest BCUT2D eigenvalue weighted by molar-refractivity contribution is -0.432. The van der Waals surface area contributed by atoms with E-state index in [4.69, 9.17) is 16.7 Å². The van der Waals surface area contributed by atoms with Crippen LogP contribution in [0.25, 0.3) is 0 Å². The highest BCUT2D eigenvalue weighted by Gasteiger charge is 2.14. The molecule has 0 aromatic heterocycles. The van der Waals surface area contributed by atoms with Gasteiger partial charge in [0.15, 0.2) is 0 Å². The number of hydrogen-bond acceptors (Lipinski definition) is 9. The number of carbonyl (C=O) groups excluding carboxylic acids is 3. The molecule has 1 aromatic rings. The summed E-state index contributed by atoms with van der Waals surface area (Å²) in [6, 6.07) is 4.32. The number of anilines is 1. The molecule has 0 unspecified atom stereocenters. The first kappa shape index (κ1) is 23.8. The predicted molar refractivity (Wildman–Crippen MR) is 104 cm³/mol. The lowest BCUT2D eigenvalue weighted by Gasteiger charge is -2.11. The van der Waals surface area contributed by atoms with Crippen molar-refractivity contribution >= 4 is 35.5 Å². The summed E-state index contributed by atoms with van der Waals surface area (Å²) in [5, 5.41) is 19.4. The zero-order valence-electron chi connectivity index (χ0n) is 15.2. The van der Waals surface area contributed by atoms with Crippen LogP contribution in [0.5, 0.6) is 0 Å². The van der Waals surface area contributed by atoms with Crippen molar-refractivity contribution in [1.82, 2.24) is 10.6 Å². The first-order valence-corrected chi connectivity index (χ1v) is 9.44. The van der Waals surface area contributed by atoms with Crippen molar-refractivity contribution in [3.63, 3.8) is 0 Å². The maximum absolute atomic E-state index is 12.3. The summed E-state index contributed by atoms with van der Waals surface area (Å²) < 4.78 is 4.14. The van der Waals surface area contributed by atoms with E-state index in [0.717, 1.165) is 0 Å². The van der Waals surface area contributed by atoms with Gasteiger partial charge in [-0.25, -0.2) is 5.26 Å². The van der Waals surface area contributed by atoms with Crippen molar-refractivity contribution in [2.24, 2.45) is 11.5 Å². The Morgan fingerprint density at radius 3 is 1.96 bits per heavy atom. The Balaban J connectivity index is 2.94. The first-order valence-electron chi connectivity index (χ1n) is 8.53. The molecule has 0 aliphatic carbocycles. The van der Waals surface area contributed by atoms with Crippen molar-refractivity contribution in [3.05, 3.63) is 29.3 Å². The second-order valence-electron chi connectivity index (χ2n) is 5.55. The molecule has 0 radical (unpaired) electrons. The average Bonchev–Trinajstić information content (AvgIpc) is 2.68. The van der Waals surface area contributed by atoms with Crippen molar-refractivity contribution < 1.29 is 29.0 Å². The fraction of sp³-hybridized carbons (Fsp3) is 0.438. The monoisotopic (exact) mass is 415 g/mol. The third-order valence-corrected chi connectivity index (χ3v) is 3.88. The molecule has 156 valence electrons. The van der Waals surface area contributed by atoms with Crippen LogP contribution in [0.3, 0.4) is 0 Å². The van der Waals surface area contributed by atoms with Crippen LogP contribution in [0.2, 0.25) is 0 Å². The van der Waals surface area contributed by atoms with Crippen LogP contribution < -0.4 is 27.4 Å². The zero-order valence-corrected chi connectivity index (χ0v) is 16.0. The fourth-order valence-corrected chi connectivity index (χ4v) is 2.34. The van der Waals surface area contributed by atoms with Gasteiger partial charge in [-0.15, -0.1) is 4.33 Å². The molecular weight excluding hydrogens is 390 g/mol. The van der Waals surface area contributed by atoms with E-state index < -0.39 is 17.7 Å². The van der Waals surface area contributed by atoms with Crippen LogP contribution in [0.15, 0.2) is 18.2 Å². The molecule has 3 amide bonds. The van der Waals surface area contributed by atoms with Crippen LogP contribution in [-0.4, -0.2) is 54.9 Å². The van der Waals surface area contributed by atoms with E-state index in [1.54, 1.807) is 0 Å². The summed E-state index contributed by atoms with van der Waals surface area (Å²) in [6.45, 7) is 1.64. The van der Waals surface area contributed by atoms with Crippen LogP contribution in [0.4, 0.5) is 5.69 Å². The van der Waals surface area contributed by atoms with Gasteiger partial charge in [-0.3, -0.25) is 14.4 Å². The molecule has 11 nitrogen and oxygen atoms in total. The van der Waals surface area contributed by atoms with E-state index in [-0.39, 0.29) is 22.6 Å². The maximum Gasteiger partial charge on any atom is 0.251 e. The molecule has 0 aliphatic rings. The van der Waals surface area contributed by atoms with E-state index in [2.05, 4.69) is 25.3 Å². The highest BCUT2D eigenvalue weighted by molar-refractivity contribution is 7.95. The summed E-state index contributed by atoms with van der Waals surface area (Å²) in [4.78, 5) is 36.5. The number of carbonyl (C=O) groups is 3. The Hall–Kier alpha value is -2.22. The van der Waals surface area contributed by atoms with Gasteiger partial charge in [-0.1, -0.05) is 5.04 Å². The molecule has 1 aromatic carbocycles. The highest BCUT2D eigenvalue weighted by Crippen LogP contribution is 2.16. The average molecular weight is 415 g/mol. The second-order valence-corrected chi connectivity index (χ2v) is 6.21. The summed E-state index contributed by atoms with van der Waals surface area (Å²) in [7, 11) is 0. The molecule has 8 N–H and O–H groups in total. The normalized spacial score (nSPS) is 10.4. The second kappa shape index (κ2) is 13.9. The van der Waals surface area contributed by atoms with E-state index in [1.165, 1.54) is 18.2 Å². The molecule has 1 rings (SSSR count). The number of hydrogen-bond donors (Lipinski definition) is 6. The molecule has 0 bridgehead atoms. The maximum atomic E-state index is 12.3. The molecule has 0 saturated heterocycles. The molecule has 0 fully saturated rings. The third kappa shape index (κ3) is 9.12. The Morgan fingerprint density at radius 1 is 0.964 bits per heavy atom. The smallest absolute Gasteiger partial charge is 0.251 e. The van der Waals surface area contributed by atoms with Crippen molar-refractivity contribution in [1.29, 1.82) is 0 Å². The Bertz CT molecular complexity index is 620. The predicted octanol–water partition coefficient (Wildman–Crippen LogP) is -0.148. The molecule has 12 heteroatoms. The largest absolute Gasteiger partial charge is 0.352 e. The van der Waals surface area contributed by atoms with E-state index in [0.29, 0.717) is 51.1 Å². The fourth-order valence-electron chi connectivity index (χ4n) is 2.07. The van der Waals surface area contributed by atoms with Gasteiger partial charge in [-0.05, 0) is 44.1 Å². The number of nitrogens with two attached hydrogens (primary N) is 2.